The minimum Gasteiger partial charge on any atom is -0.0617 e. The van der Waals surface area contributed by atoms with E-state index in [2.05, 4.69) is 51.1 Å². The molecule has 0 aromatic rings. The SMILES string of the molecule is CCc1cc2c(C)cccc(C)c-2c1. The zero-order chi connectivity index (χ0) is 10.1. The maximum absolute atomic E-state index is 2.32. The van der Waals surface area contributed by atoms with Gasteiger partial charge in [0.15, 0.2) is 0 Å². The van der Waals surface area contributed by atoms with E-state index in [1.54, 1.807) is 0 Å². The molecule has 0 atom stereocenters. The Morgan fingerprint density at radius 3 is 1.86 bits per heavy atom. The van der Waals surface area contributed by atoms with E-state index in [1.165, 1.54) is 27.8 Å². The van der Waals surface area contributed by atoms with Crippen molar-refractivity contribution in [2.75, 3.05) is 0 Å². The van der Waals surface area contributed by atoms with Gasteiger partial charge in [-0.05, 0) is 48.1 Å². The van der Waals surface area contributed by atoms with Crippen LogP contribution < -0.4 is 0 Å². The average Bonchev–Trinajstić information content (AvgIpc) is 2.56. The van der Waals surface area contributed by atoms with Crippen LogP contribution in [-0.4, -0.2) is 0 Å². The molecule has 2 rings (SSSR count). The Balaban J connectivity index is 2.75. The molecule has 0 aromatic heterocycles. The summed E-state index contributed by atoms with van der Waals surface area (Å²) in [4.78, 5) is 0. The van der Waals surface area contributed by atoms with Gasteiger partial charge < -0.3 is 0 Å². The van der Waals surface area contributed by atoms with Crippen LogP contribution in [0.1, 0.15) is 23.6 Å². The standard InChI is InChI=1S/C14H16/c1-4-12-8-13-10(2)6-5-7-11(3)14(13)9-12/h5-9H,4H2,1-3H3. The van der Waals surface area contributed by atoms with E-state index in [4.69, 9.17) is 0 Å². The van der Waals surface area contributed by atoms with Crippen molar-refractivity contribution in [2.45, 2.75) is 27.2 Å². The van der Waals surface area contributed by atoms with Gasteiger partial charge in [0, 0.05) is 0 Å². The van der Waals surface area contributed by atoms with Crippen LogP contribution in [0.2, 0.25) is 0 Å². The number of aryl methyl sites for hydroxylation is 3. The number of hydrogen-bond donors (Lipinski definition) is 0. The first kappa shape index (κ1) is 9.26. The first-order valence-corrected chi connectivity index (χ1v) is 5.21. The first-order valence-electron chi connectivity index (χ1n) is 5.21. The summed E-state index contributed by atoms with van der Waals surface area (Å²) >= 11 is 0. The lowest BCUT2D eigenvalue weighted by molar-refractivity contribution is 1.15. The molecular formula is C14H16. The second-order valence-electron chi connectivity index (χ2n) is 3.94. The van der Waals surface area contributed by atoms with Crippen LogP contribution in [0.4, 0.5) is 0 Å². The highest BCUT2D eigenvalue weighted by atomic mass is 14.1. The highest BCUT2D eigenvalue weighted by Crippen LogP contribution is 2.31. The molecule has 0 aromatic carbocycles. The lowest BCUT2D eigenvalue weighted by Gasteiger charge is -1.98. The van der Waals surface area contributed by atoms with Crippen molar-refractivity contribution < 1.29 is 0 Å². The fourth-order valence-corrected chi connectivity index (χ4v) is 1.94. The average molecular weight is 184 g/mol. The van der Waals surface area contributed by atoms with Crippen LogP contribution in [0.15, 0.2) is 30.3 Å². The Morgan fingerprint density at radius 1 is 0.929 bits per heavy atom. The van der Waals surface area contributed by atoms with E-state index in [0.29, 0.717) is 0 Å². The minimum absolute atomic E-state index is 1.12. The van der Waals surface area contributed by atoms with Crippen molar-refractivity contribution in [3.63, 3.8) is 0 Å². The minimum atomic E-state index is 1.12. The van der Waals surface area contributed by atoms with E-state index < -0.39 is 0 Å². The van der Waals surface area contributed by atoms with Gasteiger partial charge in [-0.25, -0.2) is 0 Å². The van der Waals surface area contributed by atoms with Crippen LogP contribution in [0.25, 0.3) is 11.1 Å². The molecule has 0 radical (unpaired) electrons. The summed E-state index contributed by atoms with van der Waals surface area (Å²) < 4.78 is 0. The molecule has 0 saturated carbocycles. The second-order valence-corrected chi connectivity index (χ2v) is 3.94. The first-order chi connectivity index (χ1) is 6.72. The van der Waals surface area contributed by atoms with Crippen molar-refractivity contribution >= 4 is 0 Å². The van der Waals surface area contributed by atoms with Gasteiger partial charge in [0.25, 0.3) is 0 Å². The van der Waals surface area contributed by atoms with Crippen LogP contribution in [0.3, 0.4) is 0 Å². The van der Waals surface area contributed by atoms with Crippen LogP contribution in [0.5, 0.6) is 0 Å². The Labute approximate surface area is 85.9 Å². The van der Waals surface area contributed by atoms with Gasteiger partial charge in [0.2, 0.25) is 0 Å². The van der Waals surface area contributed by atoms with Gasteiger partial charge in [-0.2, -0.15) is 0 Å². The molecule has 2 aliphatic carbocycles. The third-order valence-electron chi connectivity index (χ3n) is 2.90. The van der Waals surface area contributed by atoms with Crippen molar-refractivity contribution in [2.24, 2.45) is 0 Å². The molecule has 0 N–H and O–H groups in total. The quantitative estimate of drug-likeness (QED) is 0.629. The summed E-state index contributed by atoms with van der Waals surface area (Å²) in [6, 6.07) is 11.1. The smallest absolute Gasteiger partial charge is 0.0149 e. The monoisotopic (exact) mass is 184 g/mol. The fourth-order valence-electron chi connectivity index (χ4n) is 1.94. The summed E-state index contributed by atoms with van der Waals surface area (Å²) in [5.74, 6) is 0. The molecule has 0 fully saturated rings. The topological polar surface area (TPSA) is 0 Å². The van der Waals surface area contributed by atoms with Crippen LogP contribution >= 0.6 is 0 Å². The molecule has 0 saturated heterocycles. The zero-order valence-corrected chi connectivity index (χ0v) is 9.09. The third kappa shape index (κ3) is 1.41. The van der Waals surface area contributed by atoms with Crippen LogP contribution in [-0.2, 0) is 6.42 Å². The van der Waals surface area contributed by atoms with Crippen molar-refractivity contribution in [1.82, 2.24) is 0 Å². The van der Waals surface area contributed by atoms with E-state index in [0.717, 1.165) is 6.42 Å². The number of fused-ring (bicyclic) bond motifs is 1. The lowest BCUT2D eigenvalue weighted by Crippen LogP contribution is -1.75. The normalized spacial score (nSPS) is 10.8. The number of rotatable bonds is 1. The zero-order valence-electron chi connectivity index (χ0n) is 9.09. The Kier molecular flexibility index (Phi) is 2.28. The molecular weight excluding hydrogens is 168 g/mol. The molecule has 0 spiro atoms. The molecule has 0 amide bonds. The van der Waals surface area contributed by atoms with Gasteiger partial charge in [0.1, 0.15) is 0 Å². The van der Waals surface area contributed by atoms with E-state index >= 15 is 0 Å². The highest BCUT2D eigenvalue weighted by Gasteiger charge is 2.08. The molecule has 0 unspecified atom stereocenters. The van der Waals surface area contributed by atoms with Gasteiger partial charge >= 0.3 is 0 Å². The largest absolute Gasteiger partial charge is 0.0617 e. The van der Waals surface area contributed by atoms with Gasteiger partial charge in [0.05, 0.1) is 0 Å². The van der Waals surface area contributed by atoms with Gasteiger partial charge in [-0.15, -0.1) is 0 Å². The van der Waals surface area contributed by atoms with E-state index in [1.807, 2.05) is 0 Å². The van der Waals surface area contributed by atoms with Crippen molar-refractivity contribution in [3.8, 4) is 11.1 Å². The predicted octanol–water partition coefficient (Wildman–Crippen LogP) is 3.97. The molecule has 14 heavy (non-hydrogen) atoms. The molecule has 2 aliphatic rings. The maximum atomic E-state index is 2.32. The van der Waals surface area contributed by atoms with Gasteiger partial charge in [-0.3, -0.25) is 0 Å². The Bertz CT molecular complexity index is 390. The summed E-state index contributed by atoms with van der Waals surface area (Å²) in [5, 5.41) is 0. The van der Waals surface area contributed by atoms with Crippen LogP contribution in [0, 0.1) is 13.8 Å². The predicted molar refractivity (Wildman–Crippen MR) is 61.9 cm³/mol. The summed E-state index contributed by atoms with van der Waals surface area (Å²) in [6.07, 6.45) is 1.12. The summed E-state index contributed by atoms with van der Waals surface area (Å²) in [5.41, 5.74) is 6.99. The molecule has 72 valence electrons. The third-order valence-corrected chi connectivity index (χ3v) is 2.90. The Morgan fingerprint density at radius 2 is 1.43 bits per heavy atom. The highest BCUT2D eigenvalue weighted by molar-refractivity contribution is 5.74. The molecule has 0 nitrogen and oxygen atoms in total. The Hall–Kier alpha value is -1.30. The molecule has 0 aliphatic heterocycles. The van der Waals surface area contributed by atoms with Gasteiger partial charge in [-0.1, -0.05) is 37.3 Å². The fraction of sp³-hybridized carbons (Fsp3) is 0.286. The second kappa shape index (κ2) is 3.45. The summed E-state index contributed by atoms with van der Waals surface area (Å²) in [7, 11) is 0. The van der Waals surface area contributed by atoms with E-state index in [9.17, 15) is 0 Å². The number of hydrogen-bond acceptors (Lipinski definition) is 0. The van der Waals surface area contributed by atoms with Crippen molar-refractivity contribution in [3.05, 3.63) is 47.0 Å². The molecule has 0 heterocycles. The maximum Gasteiger partial charge on any atom is -0.0149 e. The van der Waals surface area contributed by atoms with E-state index in [-0.39, 0.29) is 0 Å². The lowest BCUT2D eigenvalue weighted by atomic mass is 10.1. The molecule has 0 bridgehead atoms. The van der Waals surface area contributed by atoms with Crippen molar-refractivity contribution in [1.29, 1.82) is 0 Å². The molecule has 0 heteroatoms. The summed E-state index contributed by atoms with van der Waals surface area (Å²) in [6.45, 7) is 6.57.